The van der Waals surface area contributed by atoms with E-state index in [1.54, 1.807) is 6.20 Å². The molecule has 0 radical (unpaired) electrons. The lowest BCUT2D eigenvalue weighted by Gasteiger charge is -2.11. The van der Waals surface area contributed by atoms with Crippen LogP contribution in [0, 0.1) is 20.8 Å². The number of rotatable bonds is 3. The normalized spacial score (nSPS) is 12.5. The molecule has 0 saturated heterocycles. The molecule has 0 aliphatic heterocycles. The van der Waals surface area contributed by atoms with E-state index in [-0.39, 0.29) is 0 Å². The molecule has 3 aromatic carbocycles. The Hall–Kier alpha value is -3.39. The van der Waals surface area contributed by atoms with Crippen molar-refractivity contribution < 1.29 is 5.79 Å². The Bertz CT molecular complexity index is 1460. The highest BCUT2D eigenvalue weighted by Gasteiger charge is 2.15. The van der Waals surface area contributed by atoms with Crippen molar-refractivity contribution in [2.75, 3.05) is 0 Å². The van der Waals surface area contributed by atoms with E-state index < -0.39 is 5.89 Å². The lowest BCUT2D eigenvalue weighted by atomic mass is 9.93. The Kier molecular flexibility index (Phi) is 4.38. The summed E-state index contributed by atoms with van der Waals surface area (Å²) in [6, 6.07) is 21.1. The summed E-state index contributed by atoms with van der Waals surface area (Å²) in [5.41, 5.74) is 10.7. The van der Waals surface area contributed by atoms with Crippen LogP contribution in [0.15, 0.2) is 71.3 Å². The zero-order valence-corrected chi connectivity index (χ0v) is 18.7. The first-order valence-electron chi connectivity index (χ1n) is 11.2. The smallest absolute Gasteiger partial charge is 0.144 e. The average molecular weight is 407 g/mol. The van der Waals surface area contributed by atoms with Gasteiger partial charge in [0.2, 0.25) is 0 Å². The number of hydrogen-bond donors (Lipinski definition) is 0. The molecular formula is C29H27NO. The van der Waals surface area contributed by atoms with Crippen molar-refractivity contribution >= 4 is 21.9 Å². The molecule has 0 aliphatic carbocycles. The summed E-state index contributed by atoms with van der Waals surface area (Å²) in [5.74, 6) is -0.682. The minimum Gasteiger partial charge on any atom is -0.455 e. The summed E-state index contributed by atoms with van der Waals surface area (Å²) >= 11 is 0. The number of benzene rings is 3. The van der Waals surface area contributed by atoms with Crippen LogP contribution >= 0.6 is 0 Å². The van der Waals surface area contributed by atoms with Crippen LogP contribution < -0.4 is 0 Å². The molecule has 0 spiro atoms. The maximum absolute atomic E-state index is 8.38. The minimum absolute atomic E-state index is 0.682. The van der Waals surface area contributed by atoms with E-state index in [0.717, 1.165) is 38.8 Å². The van der Waals surface area contributed by atoms with E-state index in [1.165, 1.54) is 27.8 Å². The summed E-state index contributed by atoms with van der Waals surface area (Å²) in [4.78, 5) is 4.60. The number of nitrogens with zero attached hydrogens (tertiary/aromatic N) is 1. The van der Waals surface area contributed by atoms with Crippen molar-refractivity contribution in [2.24, 2.45) is 0 Å². The average Bonchev–Trinajstić information content (AvgIpc) is 3.10. The first-order valence-corrected chi connectivity index (χ1v) is 10.7. The van der Waals surface area contributed by atoms with Crippen molar-refractivity contribution in [1.29, 1.82) is 0 Å². The summed E-state index contributed by atoms with van der Waals surface area (Å²) in [5, 5.41) is 2.18. The van der Waals surface area contributed by atoms with Crippen molar-refractivity contribution in [3.8, 4) is 22.4 Å². The fraction of sp³-hybridized carbons (Fsp3) is 0.207. The van der Waals surface area contributed by atoms with Gasteiger partial charge < -0.3 is 4.42 Å². The fourth-order valence-corrected chi connectivity index (χ4v) is 4.68. The maximum atomic E-state index is 8.38. The lowest BCUT2D eigenvalue weighted by Crippen LogP contribution is -1.90. The molecule has 2 heterocycles. The number of furan rings is 1. The van der Waals surface area contributed by atoms with Gasteiger partial charge in [-0.1, -0.05) is 49.7 Å². The fourth-order valence-electron chi connectivity index (χ4n) is 4.68. The molecule has 0 atom stereocenters. The van der Waals surface area contributed by atoms with Crippen LogP contribution in [0.2, 0.25) is 0 Å². The first kappa shape index (κ1) is 18.4. The van der Waals surface area contributed by atoms with E-state index in [4.69, 9.17) is 5.79 Å². The molecule has 0 aliphatic rings. The van der Waals surface area contributed by atoms with Gasteiger partial charge in [-0.3, -0.25) is 4.98 Å². The molecule has 0 amide bonds. The monoisotopic (exact) mass is 406 g/mol. The second-order valence-corrected chi connectivity index (χ2v) is 8.70. The van der Waals surface area contributed by atoms with Crippen molar-refractivity contribution in [3.63, 3.8) is 0 Å². The third-order valence-corrected chi connectivity index (χ3v) is 6.08. The molecule has 0 N–H and O–H groups in total. The van der Waals surface area contributed by atoms with Crippen LogP contribution in [-0.4, -0.2) is 4.98 Å². The molecule has 0 unspecified atom stereocenters. The molecule has 2 aromatic heterocycles. The quantitative estimate of drug-likeness (QED) is 0.301. The Morgan fingerprint density at radius 2 is 1.65 bits per heavy atom. The summed E-state index contributed by atoms with van der Waals surface area (Å²) in [7, 11) is 0. The standard InChI is InChI=1S/C29H27NO/c1-17(2)21-11-12-30-26(15-21)25-8-6-7-24-23-10-9-22(16-27(23)31-29(24)25)28-19(4)13-18(3)14-20(28)5/h6-17H,1-5H3/i17D. The van der Waals surface area contributed by atoms with Crippen LogP contribution in [0.5, 0.6) is 0 Å². The van der Waals surface area contributed by atoms with Crippen LogP contribution in [0.1, 0.15) is 43.4 Å². The van der Waals surface area contributed by atoms with E-state index in [1.807, 2.05) is 32.0 Å². The van der Waals surface area contributed by atoms with Gasteiger partial charge in [-0.25, -0.2) is 0 Å². The van der Waals surface area contributed by atoms with E-state index in [2.05, 4.69) is 68.2 Å². The zero-order chi connectivity index (χ0) is 22.6. The highest BCUT2D eigenvalue weighted by Crippen LogP contribution is 2.38. The van der Waals surface area contributed by atoms with Gasteiger partial charge in [-0.2, -0.15) is 0 Å². The highest BCUT2D eigenvalue weighted by atomic mass is 16.3. The third-order valence-electron chi connectivity index (χ3n) is 6.08. The number of aryl methyl sites for hydroxylation is 3. The Morgan fingerprint density at radius 3 is 2.39 bits per heavy atom. The molecule has 5 rings (SSSR count). The summed E-state index contributed by atoms with van der Waals surface area (Å²) < 4.78 is 14.8. The summed E-state index contributed by atoms with van der Waals surface area (Å²) in [6.07, 6.45) is 1.78. The van der Waals surface area contributed by atoms with Gasteiger partial charge >= 0.3 is 0 Å². The Labute approximate surface area is 185 Å². The van der Waals surface area contributed by atoms with Crippen molar-refractivity contribution in [1.82, 2.24) is 4.98 Å². The van der Waals surface area contributed by atoms with Gasteiger partial charge in [0.25, 0.3) is 0 Å². The number of aromatic nitrogens is 1. The van der Waals surface area contributed by atoms with Gasteiger partial charge in [-0.15, -0.1) is 0 Å². The van der Waals surface area contributed by atoms with Gasteiger partial charge in [-0.05, 0) is 84.8 Å². The van der Waals surface area contributed by atoms with E-state index in [0.29, 0.717) is 0 Å². The van der Waals surface area contributed by atoms with Crippen LogP contribution in [0.25, 0.3) is 44.3 Å². The van der Waals surface area contributed by atoms with Crippen molar-refractivity contribution in [3.05, 3.63) is 89.1 Å². The number of para-hydroxylation sites is 1. The van der Waals surface area contributed by atoms with E-state index >= 15 is 0 Å². The first-order chi connectivity index (χ1) is 15.2. The molecule has 0 saturated carbocycles. The van der Waals surface area contributed by atoms with Crippen LogP contribution in [0.4, 0.5) is 0 Å². The molecule has 31 heavy (non-hydrogen) atoms. The molecule has 2 nitrogen and oxygen atoms in total. The summed E-state index contributed by atoms with van der Waals surface area (Å²) in [6.45, 7) is 10.3. The van der Waals surface area contributed by atoms with Gasteiger partial charge in [0, 0.05) is 23.9 Å². The number of fused-ring (bicyclic) bond motifs is 3. The number of pyridine rings is 1. The second kappa shape index (κ2) is 7.39. The molecule has 0 bridgehead atoms. The molecular weight excluding hydrogens is 378 g/mol. The third kappa shape index (κ3) is 3.33. The minimum atomic E-state index is -0.682. The molecule has 0 fully saturated rings. The highest BCUT2D eigenvalue weighted by molar-refractivity contribution is 6.10. The number of hydrogen-bond acceptors (Lipinski definition) is 2. The molecule has 154 valence electrons. The maximum Gasteiger partial charge on any atom is 0.144 e. The predicted molar refractivity (Wildman–Crippen MR) is 131 cm³/mol. The van der Waals surface area contributed by atoms with E-state index in [9.17, 15) is 0 Å². The second-order valence-electron chi connectivity index (χ2n) is 8.70. The molecule has 2 heteroatoms. The van der Waals surface area contributed by atoms with Crippen molar-refractivity contribution in [2.45, 2.75) is 40.5 Å². The Morgan fingerprint density at radius 1 is 0.871 bits per heavy atom. The SMILES string of the molecule is [2H]C(C)(C)c1ccnc(-c2cccc3c2oc2cc(-c4c(C)cc(C)cc4C)ccc23)c1. The van der Waals surface area contributed by atoms with Gasteiger partial charge in [0.1, 0.15) is 11.2 Å². The topological polar surface area (TPSA) is 26.0 Å². The predicted octanol–water partition coefficient (Wildman–Crippen LogP) is 8.36. The van der Waals surface area contributed by atoms with Gasteiger partial charge in [0.15, 0.2) is 0 Å². The van der Waals surface area contributed by atoms with Crippen LogP contribution in [-0.2, 0) is 0 Å². The Balaban J connectivity index is 1.71. The molecule has 5 aromatic rings. The van der Waals surface area contributed by atoms with Gasteiger partial charge in [0.05, 0.1) is 5.69 Å². The largest absolute Gasteiger partial charge is 0.455 e. The lowest BCUT2D eigenvalue weighted by molar-refractivity contribution is 0.670. The zero-order valence-electron chi connectivity index (χ0n) is 19.7. The van der Waals surface area contributed by atoms with Crippen LogP contribution in [0.3, 0.4) is 0 Å².